The second-order valence-electron chi connectivity index (χ2n) is 7.02. The van der Waals surface area contributed by atoms with Gasteiger partial charge in [0.25, 0.3) is 0 Å². The number of nitrogens with two attached hydrogens (primary N) is 1. The summed E-state index contributed by atoms with van der Waals surface area (Å²) in [5, 5.41) is 16.0. The van der Waals surface area contributed by atoms with Crippen molar-refractivity contribution in [1.82, 2.24) is 10.3 Å². The summed E-state index contributed by atoms with van der Waals surface area (Å²) in [6.07, 6.45) is 3.63. The average molecular weight is 400 g/mol. The Morgan fingerprint density at radius 3 is 2.63 bits per heavy atom. The van der Waals surface area contributed by atoms with Gasteiger partial charge in [0.05, 0.1) is 23.4 Å². The van der Waals surface area contributed by atoms with Crippen LogP contribution < -0.4 is 16.4 Å². The number of benzene rings is 2. The maximum absolute atomic E-state index is 9.13. The molecule has 0 amide bonds. The Bertz CT molecular complexity index is 1010. The smallest absolute Gasteiger partial charge is 0.0809 e. The van der Waals surface area contributed by atoms with E-state index in [0.717, 1.165) is 34.6 Å². The molecule has 30 heavy (non-hydrogen) atoms. The van der Waals surface area contributed by atoms with Gasteiger partial charge in [-0.15, -0.1) is 0 Å². The van der Waals surface area contributed by atoms with E-state index in [1.54, 1.807) is 0 Å². The second-order valence-corrected chi connectivity index (χ2v) is 7.02. The summed E-state index contributed by atoms with van der Waals surface area (Å²) >= 11 is 0. The number of anilines is 1. The van der Waals surface area contributed by atoms with E-state index in [0.29, 0.717) is 5.71 Å². The minimum Gasteiger partial charge on any atom is -0.375 e. The first-order valence-electron chi connectivity index (χ1n) is 10.1. The van der Waals surface area contributed by atoms with Crippen molar-refractivity contribution in [2.75, 3.05) is 19.4 Å². The van der Waals surface area contributed by atoms with E-state index in [2.05, 4.69) is 52.2 Å². The van der Waals surface area contributed by atoms with Crippen LogP contribution in [0.1, 0.15) is 39.9 Å². The molecule has 0 fully saturated rings. The van der Waals surface area contributed by atoms with Gasteiger partial charge in [-0.1, -0.05) is 55.1 Å². The third-order valence-corrected chi connectivity index (χ3v) is 5.24. The van der Waals surface area contributed by atoms with Crippen LogP contribution in [0.3, 0.4) is 0 Å². The first-order valence-corrected chi connectivity index (χ1v) is 10.1. The number of hydrogen-bond donors (Lipinski definition) is 4. The number of fused-ring (bicyclic) bond motifs is 1. The molecule has 0 saturated carbocycles. The molecule has 5 nitrogen and oxygen atoms in total. The molecule has 0 radical (unpaired) electrons. The molecule has 1 aliphatic rings. The molecule has 2 atom stereocenters. The number of aromatic nitrogens is 1. The Morgan fingerprint density at radius 1 is 1.13 bits per heavy atom. The predicted molar refractivity (Wildman–Crippen MR) is 126 cm³/mol. The molecule has 0 spiro atoms. The summed E-state index contributed by atoms with van der Waals surface area (Å²) in [6, 6.07) is 20.4. The molecule has 5 heteroatoms. The molecule has 5 N–H and O–H groups in total. The average Bonchev–Trinajstić information content (AvgIpc) is 2.80. The largest absolute Gasteiger partial charge is 0.375 e. The van der Waals surface area contributed by atoms with Gasteiger partial charge in [-0.25, -0.2) is 0 Å². The molecule has 3 aromatic rings. The zero-order valence-electron chi connectivity index (χ0n) is 17.5. The predicted octanol–water partition coefficient (Wildman–Crippen LogP) is 4.34. The molecule has 4 rings (SSSR count). The highest BCUT2D eigenvalue weighted by molar-refractivity contribution is 6.11. The minimum atomic E-state index is -0.139. The van der Waals surface area contributed by atoms with Gasteiger partial charge >= 0.3 is 0 Å². The van der Waals surface area contributed by atoms with E-state index in [9.17, 15) is 0 Å². The Labute approximate surface area is 178 Å². The molecule has 0 aliphatic carbocycles. The summed E-state index contributed by atoms with van der Waals surface area (Å²) in [5.74, 6) is -0.139. The van der Waals surface area contributed by atoms with Crippen molar-refractivity contribution in [2.45, 2.75) is 18.5 Å². The van der Waals surface area contributed by atoms with Gasteiger partial charge < -0.3 is 21.8 Å². The normalized spacial score (nSPS) is 17.2. The standard InChI is InChI=1S/C24H24N4.CH5N/c1-3-17-9-7-12-19-21(17)23(25)22(18-10-6-8-16(14-18)15-26-2)24(28-19)20-11-4-5-13-27-20;1-2/h3-14,22,24-26,28H,1,15H2,2H3;2H2,1H3. The minimum absolute atomic E-state index is 0.105. The number of pyridine rings is 1. The molecule has 154 valence electrons. The number of hydrogen-bond acceptors (Lipinski definition) is 5. The summed E-state index contributed by atoms with van der Waals surface area (Å²) in [4.78, 5) is 4.60. The molecule has 1 aliphatic heterocycles. The topological polar surface area (TPSA) is 86.8 Å². The van der Waals surface area contributed by atoms with Crippen LogP contribution in [0.2, 0.25) is 0 Å². The van der Waals surface area contributed by atoms with Crippen LogP contribution in [0.4, 0.5) is 5.69 Å². The molecule has 2 heterocycles. The number of nitrogens with zero attached hydrogens (tertiary/aromatic N) is 1. The van der Waals surface area contributed by atoms with Crippen LogP contribution in [0.25, 0.3) is 6.08 Å². The molecule has 2 unspecified atom stereocenters. The first-order chi connectivity index (χ1) is 14.7. The van der Waals surface area contributed by atoms with Gasteiger partial charge in [-0.2, -0.15) is 0 Å². The van der Waals surface area contributed by atoms with E-state index in [1.807, 2.05) is 55.7 Å². The highest BCUT2D eigenvalue weighted by Crippen LogP contribution is 2.43. The molecule has 0 saturated heterocycles. The van der Waals surface area contributed by atoms with E-state index in [-0.39, 0.29) is 12.0 Å². The van der Waals surface area contributed by atoms with E-state index >= 15 is 0 Å². The molecular formula is C25H29N5. The number of rotatable bonds is 5. The lowest BCUT2D eigenvalue weighted by Crippen LogP contribution is -2.33. The van der Waals surface area contributed by atoms with Gasteiger partial charge in [-0.05, 0) is 49.0 Å². The van der Waals surface area contributed by atoms with Crippen molar-refractivity contribution < 1.29 is 0 Å². The third-order valence-electron chi connectivity index (χ3n) is 5.24. The van der Waals surface area contributed by atoms with Crippen LogP contribution in [-0.2, 0) is 6.54 Å². The molecule has 1 aromatic heterocycles. The van der Waals surface area contributed by atoms with Crippen molar-refractivity contribution in [3.63, 3.8) is 0 Å². The zero-order chi connectivity index (χ0) is 21.5. The van der Waals surface area contributed by atoms with E-state index < -0.39 is 0 Å². The van der Waals surface area contributed by atoms with Gasteiger partial charge in [-0.3, -0.25) is 4.98 Å². The van der Waals surface area contributed by atoms with Crippen LogP contribution in [0.15, 0.2) is 73.4 Å². The Hall–Kier alpha value is -3.28. The summed E-state index contributed by atoms with van der Waals surface area (Å²) in [5.41, 5.74) is 11.2. The van der Waals surface area contributed by atoms with Crippen molar-refractivity contribution in [2.24, 2.45) is 5.73 Å². The van der Waals surface area contributed by atoms with Crippen LogP contribution in [0.5, 0.6) is 0 Å². The fourth-order valence-corrected chi connectivity index (χ4v) is 4.00. The Balaban J connectivity index is 0.00000124. The fraction of sp³-hybridized carbons (Fsp3) is 0.200. The van der Waals surface area contributed by atoms with Crippen LogP contribution in [0, 0.1) is 5.41 Å². The maximum Gasteiger partial charge on any atom is 0.0809 e. The lowest BCUT2D eigenvalue weighted by atomic mass is 9.77. The van der Waals surface area contributed by atoms with Crippen molar-refractivity contribution in [1.29, 1.82) is 5.41 Å². The Morgan fingerprint density at radius 2 is 1.93 bits per heavy atom. The van der Waals surface area contributed by atoms with E-state index in [4.69, 9.17) is 5.41 Å². The third kappa shape index (κ3) is 4.17. The van der Waals surface area contributed by atoms with Crippen molar-refractivity contribution >= 4 is 17.5 Å². The van der Waals surface area contributed by atoms with Crippen molar-refractivity contribution in [3.05, 3.63) is 101 Å². The lowest BCUT2D eigenvalue weighted by molar-refractivity contribution is 0.682. The Kier molecular flexibility index (Phi) is 7.12. The second kappa shape index (κ2) is 9.96. The zero-order valence-corrected chi connectivity index (χ0v) is 17.5. The maximum atomic E-state index is 9.13. The van der Waals surface area contributed by atoms with Gasteiger partial charge in [0.15, 0.2) is 0 Å². The fourth-order valence-electron chi connectivity index (χ4n) is 4.00. The van der Waals surface area contributed by atoms with Crippen LogP contribution in [-0.4, -0.2) is 24.8 Å². The monoisotopic (exact) mass is 399 g/mol. The van der Waals surface area contributed by atoms with Gasteiger partial charge in [0.2, 0.25) is 0 Å². The molecule has 0 bridgehead atoms. The highest BCUT2D eigenvalue weighted by atomic mass is 15.0. The summed E-state index contributed by atoms with van der Waals surface area (Å²) in [7, 11) is 3.44. The molecule has 2 aromatic carbocycles. The lowest BCUT2D eigenvalue weighted by Gasteiger charge is -2.36. The SMILES string of the molecule is C=Cc1cccc2c1C(=N)C(c1cccc(CNC)c1)C(c1ccccn1)N2.CN. The summed E-state index contributed by atoms with van der Waals surface area (Å²) in [6.45, 7) is 4.74. The van der Waals surface area contributed by atoms with Crippen molar-refractivity contribution in [3.8, 4) is 0 Å². The summed E-state index contributed by atoms with van der Waals surface area (Å²) < 4.78 is 0. The highest BCUT2D eigenvalue weighted by Gasteiger charge is 2.36. The van der Waals surface area contributed by atoms with Gasteiger partial charge in [0.1, 0.15) is 0 Å². The van der Waals surface area contributed by atoms with E-state index in [1.165, 1.54) is 12.6 Å². The number of nitrogens with one attached hydrogen (secondary N) is 3. The molecular weight excluding hydrogens is 370 g/mol. The first kappa shape index (κ1) is 21.4. The quantitative estimate of drug-likeness (QED) is 0.514. The van der Waals surface area contributed by atoms with Gasteiger partial charge in [0, 0.05) is 24.0 Å². The van der Waals surface area contributed by atoms with Crippen LogP contribution >= 0.6 is 0 Å².